The van der Waals surface area contributed by atoms with Gasteiger partial charge in [0.1, 0.15) is 12.7 Å². The van der Waals surface area contributed by atoms with Crippen molar-refractivity contribution in [2.24, 2.45) is 5.73 Å². The van der Waals surface area contributed by atoms with Crippen LogP contribution in [0.4, 0.5) is 8.78 Å². The lowest BCUT2D eigenvalue weighted by atomic mass is 10.2. The molecule has 0 aromatic rings. The van der Waals surface area contributed by atoms with Crippen LogP contribution >= 0.6 is 0 Å². The van der Waals surface area contributed by atoms with Gasteiger partial charge >= 0.3 is 11.9 Å². The lowest BCUT2D eigenvalue weighted by Gasteiger charge is -2.09. The van der Waals surface area contributed by atoms with Gasteiger partial charge in [-0.25, -0.2) is 4.79 Å². The molecule has 0 aromatic heterocycles. The Balaban J connectivity index is 2.05. The van der Waals surface area contributed by atoms with Gasteiger partial charge in [-0.2, -0.15) is 8.78 Å². The molecule has 1 heterocycles. The minimum absolute atomic E-state index is 0.126. The highest BCUT2D eigenvalue weighted by Gasteiger charge is 2.50. The Morgan fingerprint density at radius 2 is 2.35 bits per heavy atom. The monoisotopic (exact) mass is 252 g/mol. The van der Waals surface area contributed by atoms with Crippen LogP contribution < -0.4 is 11.1 Å². The summed E-state index contributed by atoms with van der Waals surface area (Å²) in [5, 5.41) is 2.77. The third-order valence-electron chi connectivity index (χ3n) is 2.10. The molecule has 1 aliphatic heterocycles. The average molecular weight is 252 g/mol. The van der Waals surface area contributed by atoms with E-state index in [-0.39, 0.29) is 19.8 Å². The van der Waals surface area contributed by atoms with Gasteiger partial charge in [-0.05, 0) is 0 Å². The summed E-state index contributed by atoms with van der Waals surface area (Å²) in [6.45, 7) is 0.520. The van der Waals surface area contributed by atoms with E-state index in [1.807, 2.05) is 0 Å². The number of hydrogen-bond acceptors (Lipinski definition) is 5. The number of cyclic esters (lactones) is 1. The van der Waals surface area contributed by atoms with E-state index in [0.717, 1.165) is 0 Å². The Morgan fingerprint density at radius 1 is 1.65 bits per heavy atom. The number of ether oxygens (including phenoxy) is 2. The number of carbonyl (C=O) groups excluding carboxylic acids is 2. The molecule has 1 unspecified atom stereocenters. The second-order valence-electron chi connectivity index (χ2n) is 3.66. The van der Waals surface area contributed by atoms with Crippen molar-refractivity contribution in [1.82, 2.24) is 5.32 Å². The van der Waals surface area contributed by atoms with Crippen LogP contribution in [0.25, 0.3) is 0 Å². The quantitative estimate of drug-likeness (QED) is 0.449. The number of amides is 1. The van der Waals surface area contributed by atoms with E-state index in [1.54, 1.807) is 0 Å². The summed E-state index contributed by atoms with van der Waals surface area (Å²) < 4.78 is 34.7. The normalized spacial score (nSPS) is 22.5. The molecule has 0 radical (unpaired) electrons. The number of primary amides is 1. The lowest BCUT2D eigenvalue weighted by molar-refractivity contribution is -0.159. The van der Waals surface area contributed by atoms with Crippen molar-refractivity contribution in [3.05, 3.63) is 0 Å². The molecule has 17 heavy (non-hydrogen) atoms. The van der Waals surface area contributed by atoms with Crippen molar-refractivity contribution in [2.75, 3.05) is 26.3 Å². The smallest absolute Gasteiger partial charge is 0.377 e. The maximum Gasteiger partial charge on any atom is 0.377 e. The fourth-order valence-electron chi connectivity index (χ4n) is 1.34. The first-order valence-corrected chi connectivity index (χ1v) is 5.07. The molecular weight excluding hydrogens is 238 g/mol. The van der Waals surface area contributed by atoms with Crippen molar-refractivity contribution in [3.63, 3.8) is 0 Å². The standard InChI is InChI=1S/C9H14F2N2O4/c10-9(11)3-6(17-8(9)15)4-13-1-2-16-5-7(12)14/h6,13H,1-5H2,(H2,12,14). The third kappa shape index (κ3) is 4.61. The fraction of sp³-hybridized carbons (Fsp3) is 0.778. The molecule has 1 aliphatic rings. The summed E-state index contributed by atoms with van der Waals surface area (Å²) in [6.07, 6.45) is -1.44. The van der Waals surface area contributed by atoms with Crippen molar-refractivity contribution in [1.29, 1.82) is 0 Å². The van der Waals surface area contributed by atoms with Gasteiger partial charge in [-0.15, -0.1) is 0 Å². The van der Waals surface area contributed by atoms with Crippen molar-refractivity contribution in [2.45, 2.75) is 18.4 Å². The molecule has 0 spiro atoms. The number of alkyl halides is 2. The molecule has 6 nitrogen and oxygen atoms in total. The van der Waals surface area contributed by atoms with Crippen LogP contribution in [0.2, 0.25) is 0 Å². The zero-order valence-electron chi connectivity index (χ0n) is 9.08. The Hall–Kier alpha value is -1.28. The first-order valence-electron chi connectivity index (χ1n) is 5.07. The van der Waals surface area contributed by atoms with Crippen molar-refractivity contribution >= 4 is 11.9 Å². The fourth-order valence-corrected chi connectivity index (χ4v) is 1.34. The minimum atomic E-state index is -3.38. The molecular formula is C9H14F2N2O4. The predicted molar refractivity (Wildman–Crippen MR) is 52.3 cm³/mol. The number of carbonyl (C=O) groups is 2. The second-order valence-corrected chi connectivity index (χ2v) is 3.66. The second kappa shape index (κ2) is 5.87. The first-order chi connectivity index (χ1) is 7.92. The summed E-state index contributed by atoms with van der Waals surface area (Å²) >= 11 is 0. The van der Waals surface area contributed by atoms with Crippen molar-refractivity contribution in [3.8, 4) is 0 Å². The summed E-state index contributed by atoms with van der Waals surface area (Å²) in [5.41, 5.74) is 4.83. The first kappa shape index (κ1) is 13.8. The van der Waals surface area contributed by atoms with E-state index < -0.39 is 30.3 Å². The number of halogens is 2. The minimum Gasteiger partial charge on any atom is -0.456 e. The number of rotatable bonds is 7. The molecule has 0 aliphatic carbocycles. The van der Waals surface area contributed by atoms with Crippen LogP contribution in [0, 0.1) is 0 Å². The van der Waals surface area contributed by atoms with E-state index >= 15 is 0 Å². The summed E-state index contributed by atoms with van der Waals surface area (Å²) in [5.74, 6) is -5.43. The Kier molecular flexibility index (Phi) is 4.76. The summed E-state index contributed by atoms with van der Waals surface area (Å²) in [4.78, 5) is 20.9. The van der Waals surface area contributed by atoms with Gasteiger partial charge in [0, 0.05) is 13.1 Å². The number of nitrogens with one attached hydrogen (secondary N) is 1. The predicted octanol–water partition coefficient (Wildman–Crippen LogP) is -0.971. The van der Waals surface area contributed by atoms with Gasteiger partial charge < -0.3 is 20.5 Å². The number of esters is 1. The van der Waals surface area contributed by atoms with Crippen LogP contribution in [-0.2, 0) is 19.1 Å². The zero-order chi connectivity index (χ0) is 12.9. The maximum absolute atomic E-state index is 12.7. The Morgan fingerprint density at radius 3 is 2.88 bits per heavy atom. The Bertz CT molecular complexity index is 299. The molecule has 98 valence electrons. The molecule has 8 heteroatoms. The van der Waals surface area contributed by atoms with Gasteiger partial charge in [0.25, 0.3) is 0 Å². The van der Waals surface area contributed by atoms with E-state index in [0.29, 0.717) is 6.54 Å². The van der Waals surface area contributed by atoms with E-state index in [1.165, 1.54) is 0 Å². The van der Waals surface area contributed by atoms with Gasteiger partial charge in [0.15, 0.2) is 0 Å². The summed E-state index contributed by atoms with van der Waals surface area (Å²) in [7, 11) is 0. The molecule has 1 fully saturated rings. The van der Waals surface area contributed by atoms with Gasteiger partial charge in [0.2, 0.25) is 5.91 Å². The van der Waals surface area contributed by atoms with Crippen LogP contribution in [0.5, 0.6) is 0 Å². The molecule has 3 N–H and O–H groups in total. The summed E-state index contributed by atoms with van der Waals surface area (Å²) in [6, 6.07) is 0. The van der Waals surface area contributed by atoms with Gasteiger partial charge in [-0.1, -0.05) is 0 Å². The maximum atomic E-state index is 12.7. The number of nitrogens with two attached hydrogens (primary N) is 1. The van der Waals surface area contributed by atoms with Gasteiger partial charge in [-0.3, -0.25) is 4.79 Å². The average Bonchev–Trinajstić information content (AvgIpc) is 2.46. The van der Waals surface area contributed by atoms with Crippen LogP contribution in [0.15, 0.2) is 0 Å². The van der Waals surface area contributed by atoms with E-state index in [9.17, 15) is 18.4 Å². The highest BCUT2D eigenvalue weighted by molar-refractivity contribution is 5.79. The highest BCUT2D eigenvalue weighted by atomic mass is 19.3. The molecule has 0 bridgehead atoms. The third-order valence-corrected chi connectivity index (χ3v) is 2.10. The molecule has 0 saturated carbocycles. The molecule has 1 atom stereocenters. The topological polar surface area (TPSA) is 90.7 Å². The van der Waals surface area contributed by atoms with Gasteiger partial charge in [0.05, 0.1) is 13.0 Å². The van der Waals surface area contributed by atoms with Crippen LogP contribution in [0.3, 0.4) is 0 Å². The molecule has 1 rings (SSSR count). The van der Waals surface area contributed by atoms with Crippen LogP contribution in [0.1, 0.15) is 6.42 Å². The van der Waals surface area contributed by atoms with Crippen LogP contribution in [-0.4, -0.2) is 50.2 Å². The largest absolute Gasteiger partial charge is 0.456 e. The highest BCUT2D eigenvalue weighted by Crippen LogP contribution is 2.30. The number of hydrogen-bond donors (Lipinski definition) is 2. The van der Waals surface area contributed by atoms with Crippen molar-refractivity contribution < 1.29 is 27.8 Å². The lowest BCUT2D eigenvalue weighted by Crippen LogP contribution is -2.30. The molecule has 1 saturated heterocycles. The zero-order valence-corrected chi connectivity index (χ0v) is 9.08. The van der Waals surface area contributed by atoms with E-state index in [2.05, 4.69) is 10.1 Å². The molecule has 1 amide bonds. The van der Waals surface area contributed by atoms with E-state index in [4.69, 9.17) is 10.5 Å². The molecule has 0 aromatic carbocycles. The SMILES string of the molecule is NC(=O)COCCNCC1CC(F)(F)C(=O)O1. The Labute approximate surface area is 96.4 Å².